The molecule has 0 aliphatic carbocycles. The van der Waals surface area contributed by atoms with E-state index in [0.717, 1.165) is 32.6 Å². The summed E-state index contributed by atoms with van der Waals surface area (Å²) in [6.45, 7) is 9.09. The monoisotopic (exact) mass is 281 g/mol. The fraction of sp³-hybridized carbons (Fsp3) is 0.692. The van der Waals surface area contributed by atoms with Crippen molar-refractivity contribution in [3.05, 3.63) is 12.7 Å². The molecule has 1 saturated heterocycles. The van der Waals surface area contributed by atoms with Gasteiger partial charge in [0.2, 0.25) is 12.4 Å². The van der Waals surface area contributed by atoms with Crippen LogP contribution < -0.4 is 4.90 Å². The summed E-state index contributed by atoms with van der Waals surface area (Å²) in [5, 5.41) is 0. The summed E-state index contributed by atoms with van der Waals surface area (Å²) in [6, 6.07) is 0. The summed E-state index contributed by atoms with van der Waals surface area (Å²) >= 11 is 0. The highest BCUT2D eigenvalue weighted by molar-refractivity contribution is 5.48. The largest absolute Gasteiger partial charge is 0.379 e. The van der Waals surface area contributed by atoms with Gasteiger partial charge < -0.3 is 14.5 Å². The maximum Gasteiger partial charge on any atom is 0.228 e. The smallest absolute Gasteiger partial charge is 0.228 e. The molecule has 0 bridgehead atoms. The lowest BCUT2D eigenvalue weighted by molar-refractivity contribution is -0.118. The second-order valence-electron chi connectivity index (χ2n) is 5.38. The van der Waals surface area contributed by atoms with Crippen molar-refractivity contribution >= 4 is 12.4 Å². The molecule has 1 aromatic rings. The third-order valence-electron chi connectivity index (χ3n) is 2.84. The molecule has 2 rings (SSSR count). The highest BCUT2D eigenvalue weighted by atomic mass is 16.5. The topological polar surface area (TPSA) is 71.5 Å². The molecule has 0 atom stereocenters. The van der Waals surface area contributed by atoms with E-state index in [2.05, 4.69) is 15.0 Å². The van der Waals surface area contributed by atoms with E-state index in [-0.39, 0.29) is 5.60 Å². The number of aromatic nitrogens is 3. The van der Waals surface area contributed by atoms with E-state index in [1.807, 2.05) is 25.7 Å². The Bertz CT molecular complexity index is 385. The SMILES string of the molecule is COC(C)(C)C.O=CN1CCN(c2ncncn2)CC1. The molecular weight excluding hydrogens is 258 g/mol. The van der Waals surface area contributed by atoms with Crippen molar-refractivity contribution in [1.29, 1.82) is 0 Å². The molecular formula is C13H23N5O2. The van der Waals surface area contributed by atoms with E-state index >= 15 is 0 Å². The Morgan fingerprint density at radius 2 is 1.65 bits per heavy atom. The van der Waals surface area contributed by atoms with Crippen LogP contribution in [0.25, 0.3) is 0 Å². The molecule has 2 heterocycles. The number of amides is 1. The highest BCUT2D eigenvalue weighted by Crippen LogP contribution is 2.07. The number of anilines is 1. The Morgan fingerprint density at radius 3 is 2.05 bits per heavy atom. The number of methoxy groups -OCH3 is 1. The molecule has 0 radical (unpaired) electrons. The average molecular weight is 281 g/mol. The molecule has 1 amide bonds. The van der Waals surface area contributed by atoms with Gasteiger partial charge in [0, 0.05) is 33.3 Å². The van der Waals surface area contributed by atoms with Crippen LogP contribution in [-0.4, -0.2) is 65.2 Å². The van der Waals surface area contributed by atoms with Crippen molar-refractivity contribution < 1.29 is 9.53 Å². The van der Waals surface area contributed by atoms with Crippen molar-refractivity contribution in [3.8, 4) is 0 Å². The first-order chi connectivity index (χ1) is 9.46. The molecule has 0 saturated carbocycles. The van der Waals surface area contributed by atoms with Crippen molar-refractivity contribution in [1.82, 2.24) is 19.9 Å². The molecule has 20 heavy (non-hydrogen) atoms. The second kappa shape index (κ2) is 7.74. The lowest BCUT2D eigenvalue weighted by Crippen LogP contribution is -2.46. The Hall–Kier alpha value is -1.76. The standard InChI is InChI=1S/C8H11N5O.C5H12O/c14-7-12-1-3-13(4-2-12)8-10-5-9-6-11-8;1-5(2,3)6-4/h5-7H,1-4H2;1-4H3. The minimum atomic E-state index is 0.0417. The summed E-state index contributed by atoms with van der Waals surface area (Å²) in [4.78, 5) is 26.1. The highest BCUT2D eigenvalue weighted by Gasteiger charge is 2.16. The molecule has 1 aliphatic heterocycles. The number of nitrogens with zero attached hydrogens (tertiary/aromatic N) is 5. The normalized spacial score (nSPS) is 15.4. The summed E-state index contributed by atoms with van der Waals surface area (Å²) in [5.74, 6) is 0.686. The number of hydrogen-bond acceptors (Lipinski definition) is 6. The number of piperazine rings is 1. The van der Waals surface area contributed by atoms with E-state index in [1.165, 1.54) is 12.7 Å². The van der Waals surface area contributed by atoms with E-state index < -0.39 is 0 Å². The van der Waals surface area contributed by atoms with Crippen LogP contribution in [0.4, 0.5) is 5.95 Å². The summed E-state index contributed by atoms with van der Waals surface area (Å²) in [5.41, 5.74) is 0.0417. The third kappa shape index (κ3) is 5.92. The van der Waals surface area contributed by atoms with Crippen molar-refractivity contribution in [3.63, 3.8) is 0 Å². The van der Waals surface area contributed by atoms with Gasteiger partial charge in [0.25, 0.3) is 0 Å². The number of carbonyl (C=O) groups excluding carboxylic acids is 1. The quantitative estimate of drug-likeness (QED) is 0.739. The Morgan fingerprint density at radius 1 is 1.15 bits per heavy atom. The molecule has 7 heteroatoms. The Labute approximate surface area is 120 Å². The van der Waals surface area contributed by atoms with Gasteiger partial charge in [0.15, 0.2) is 0 Å². The van der Waals surface area contributed by atoms with Gasteiger partial charge in [-0.15, -0.1) is 0 Å². The van der Waals surface area contributed by atoms with Crippen LogP contribution >= 0.6 is 0 Å². The maximum atomic E-state index is 10.5. The predicted octanol–water partition coefficient (Wildman–Crippen LogP) is 0.581. The van der Waals surface area contributed by atoms with Crippen LogP contribution in [0.5, 0.6) is 0 Å². The number of hydrogen-bond donors (Lipinski definition) is 0. The fourth-order valence-corrected chi connectivity index (χ4v) is 1.42. The van der Waals surface area contributed by atoms with Crippen LogP contribution in [0, 0.1) is 0 Å². The summed E-state index contributed by atoms with van der Waals surface area (Å²) < 4.78 is 4.94. The van der Waals surface area contributed by atoms with E-state index in [9.17, 15) is 4.79 Å². The Kier molecular flexibility index (Phi) is 6.30. The average Bonchev–Trinajstić information content (AvgIpc) is 2.48. The van der Waals surface area contributed by atoms with Gasteiger partial charge in [-0.25, -0.2) is 15.0 Å². The summed E-state index contributed by atoms with van der Waals surface area (Å²) in [7, 11) is 1.71. The minimum absolute atomic E-state index is 0.0417. The van der Waals surface area contributed by atoms with Gasteiger partial charge in [-0.3, -0.25) is 4.79 Å². The maximum absolute atomic E-state index is 10.5. The molecule has 1 aliphatic rings. The van der Waals surface area contributed by atoms with E-state index in [4.69, 9.17) is 4.74 Å². The third-order valence-corrected chi connectivity index (χ3v) is 2.84. The molecule has 0 unspecified atom stereocenters. The van der Waals surface area contributed by atoms with Crippen LogP contribution in [0.3, 0.4) is 0 Å². The Balaban J connectivity index is 0.000000286. The van der Waals surface area contributed by atoms with Crippen molar-refractivity contribution in [2.45, 2.75) is 26.4 Å². The van der Waals surface area contributed by atoms with Crippen molar-refractivity contribution in [2.75, 3.05) is 38.2 Å². The molecule has 1 fully saturated rings. The zero-order valence-corrected chi connectivity index (χ0v) is 12.6. The lowest BCUT2D eigenvalue weighted by Gasteiger charge is -2.32. The summed E-state index contributed by atoms with van der Waals surface area (Å²) in [6.07, 6.45) is 3.84. The van der Waals surface area contributed by atoms with Crippen LogP contribution in [0.2, 0.25) is 0 Å². The van der Waals surface area contributed by atoms with Gasteiger partial charge in [-0.2, -0.15) is 0 Å². The number of ether oxygens (including phenoxy) is 1. The number of rotatable bonds is 2. The lowest BCUT2D eigenvalue weighted by atomic mass is 10.2. The molecule has 112 valence electrons. The predicted molar refractivity (Wildman–Crippen MR) is 76.4 cm³/mol. The van der Waals surface area contributed by atoms with Crippen LogP contribution in [-0.2, 0) is 9.53 Å². The van der Waals surface area contributed by atoms with Gasteiger partial charge in [-0.05, 0) is 20.8 Å². The molecule has 0 aromatic carbocycles. The zero-order chi connectivity index (χ0) is 15.0. The van der Waals surface area contributed by atoms with E-state index in [1.54, 1.807) is 12.0 Å². The molecule has 7 nitrogen and oxygen atoms in total. The molecule has 0 N–H and O–H groups in total. The fourth-order valence-electron chi connectivity index (χ4n) is 1.42. The number of carbonyl (C=O) groups is 1. The van der Waals surface area contributed by atoms with Gasteiger partial charge in [-0.1, -0.05) is 0 Å². The zero-order valence-electron chi connectivity index (χ0n) is 12.6. The first kappa shape index (κ1) is 16.3. The van der Waals surface area contributed by atoms with Crippen LogP contribution in [0.15, 0.2) is 12.7 Å². The van der Waals surface area contributed by atoms with E-state index in [0.29, 0.717) is 5.95 Å². The van der Waals surface area contributed by atoms with Gasteiger partial charge >= 0.3 is 0 Å². The van der Waals surface area contributed by atoms with Gasteiger partial charge in [0.1, 0.15) is 12.7 Å². The molecule has 0 spiro atoms. The van der Waals surface area contributed by atoms with Crippen LogP contribution in [0.1, 0.15) is 20.8 Å². The first-order valence-corrected chi connectivity index (χ1v) is 6.57. The first-order valence-electron chi connectivity index (χ1n) is 6.57. The van der Waals surface area contributed by atoms with Crippen molar-refractivity contribution in [2.24, 2.45) is 0 Å². The second-order valence-corrected chi connectivity index (χ2v) is 5.38. The minimum Gasteiger partial charge on any atom is -0.379 e. The molecule has 1 aromatic heterocycles. The van der Waals surface area contributed by atoms with Gasteiger partial charge in [0.05, 0.1) is 5.60 Å².